The van der Waals surface area contributed by atoms with Gasteiger partial charge in [0.25, 0.3) is 10.1 Å². The van der Waals surface area contributed by atoms with Gasteiger partial charge in [-0.05, 0) is 99.2 Å². The van der Waals surface area contributed by atoms with Crippen molar-refractivity contribution >= 4 is 28.0 Å². The van der Waals surface area contributed by atoms with E-state index in [0.717, 1.165) is 27.8 Å². The number of carbonyl (C=O) groups excluding carboxylic acids is 3. The van der Waals surface area contributed by atoms with Crippen LogP contribution in [0.3, 0.4) is 0 Å². The first-order chi connectivity index (χ1) is 18.2. The molecule has 0 unspecified atom stereocenters. The van der Waals surface area contributed by atoms with Crippen molar-refractivity contribution in [2.75, 3.05) is 12.4 Å². The monoisotopic (exact) mass is 554 g/mol. The zero-order valence-electron chi connectivity index (χ0n) is 22.6. The van der Waals surface area contributed by atoms with Gasteiger partial charge in [0.05, 0.1) is 11.1 Å². The maximum atomic E-state index is 13.1. The molecule has 3 aromatic rings. The number of ether oxygens (including phenoxy) is 3. The van der Waals surface area contributed by atoms with E-state index in [9.17, 15) is 22.8 Å². The average molecular weight is 555 g/mol. The smallest absolute Gasteiger partial charge is 0.343 e. The number of hydrogen-bond donors (Lipinski definition) is 1. The van der Waals surface area contributed by atoms with Crippen LogP contribution in [0.25, 0.3) is 0 Å². The Hall–Kier alpha value is -4.02. The van der Waals surface area contributed by atoms with E-state index in [1.54, 1.807) is 26.0 Å². The van der Waals surface area contributed by atoms with Crippen LogP contribution in [0.15, 0.2) is 42.5 Å². The molecular weight excluding hydrogens is 524 g/mol. The number of benzene rings is 3. The SMILES string of the molecule is Cc1cc(C)c(C)c(C(=O)Oc2ccc(C(=O)OCCS(=O)(=O)O)c(OC(=O)c3cc(C)cc(C)c3C)c2)c1. The van der Waals surface area contributed by atoms with Gasteiger partial charge in [-0.15, -0.1) is 0 Å². The fraction of sp³-hybridized carbons (Fsp3) is 0.276. The molecule has 0 fully saturated rings. The van der Waals surface area contributed by atoms with Gasteiger partial charge in [0.1, 0.15) is 29.4 Å². The molecule has 0 atom stereocenters. The summed E-state index contributed by atoms with van der Waals surface area (Å²) in [4.78, 5) is 38.8. The number of carbonyl (C=O) groups is 3. The summed E-state index contributed by atoms with van der Waals surface area (Å²) in [6.45, 7) is 10.4. The Balaban J connectivity index is 1.97. The van der Waals surface area contributed by atoms with E-state index < -0.39 is 40.4 Å². The summed E-state index contributed by atoms with van der Waals surface area (Å²) < 4.78 is 46.9. The van der Waals surface area contributed by atoms with Gasteiger partial charge in [-0.2, -0.15) is 8.42 Å². The van der Waals surface area contributed by atoms with Crippen LogP contribution in [0.2, 0.25) is 0 Å². The van der Waals surface area contributed by atoms with Crippen LogP contribution in [0.5, 0.6) is 11.5 Å². The topological polar surface area (TPSA) is 133 Å². The van der Waals surface area contributed by atoms with Crippen LogP contribution in [0, 0.1) is 41.5 Å². The second-order valence-corrected chi connectivity index (χ2v) is 10.9. The number of hydrogen-bond acceptors (Lipinski definition) is 8. The van der Waals surface area contributed by atoms with Crippen LogP contribution in [-0.2, 0) is 14.9 Å². The summed E-state index contributed by atoms with van der Waals surface area (Å²) in [7, 11) is -4.36. The van der Waals surface area contributed by atoms with E-state index >= 15 is 0 Å². The fourth-order valence-electron chi connectivity index (χ4n) is 3.96. The maximum Gasteiger partial charge on any atom is 0.343 e. The van der Waals surface area contributed by atoms with E-state index in [4.69, 9.17) is 18.8 Å². The van der Waals surface area contributed by atoms with Crippen molar-refractivity contribution in [1.82, 2.24) is 0 Å². The first-order valence-electron chi connectivity index (χ1n) is 12.0. The minimum absolute atomic E-state index is 0.00740. The highest BCUT2D eigenvalue weighted by Gasteiger charge is 2.22. The third kappa shape index (κ3) is 7.52. The zero-order valence-corrected chi connectivity index (χ0v) is 23.4. The van der Waals surface area contributed by atoms with Crippen molar-refractivity contribution in [3.8, 4) is 11.5 Å². The minimum atomic E-state index is -4.36. The van der Waals surface area contributed by atoms with Crippen molar-refractivity contribution in [1.29, 1.82) is 0 Å². The molecule has 0 bridgehead atoms. The Morgan fingerprint density at radius 1 is 0.692 bits per heavy atom. The molecular formula is C29H30O9S. The Kier molecular flexibility index (Phi) is 8.93. The molecule has 3 rings (SSSR count). The third-order valence-corrected chi connectivity index (χ3v) is 6.91. The molecule has 0 aromatic heterocycles. The highest BCUT2D eigenvalue weighted by molar-refractivity contribution is 7.85. The fourth-order valence-corrected chi connectivity index (χ4v) is 4.25. The lowest BCUT2D eigenvalue weighted by Gasteiger charge is -2.15. The predicted molar refractivity (Wildman–Crippen MR) is 144 cm³/mol. The van der Waals surface area contributed by atoms with Crippen molar-refractivity contribution in [2.24, 2.45) is 0 Å². The van der Waals surface area contributed by atoms with Gasteiger partial charge in [0, 0.05) is 6.07 Å². The molecule has 206 valence electrons. The Labute approximate surface area is 227 Å². The molecule has 3 aromatic carbocycles. The average Bonchev–Trinajstić information content (AvgIpc) is 2.82. The quantitative estimate of drug-likeness (QED) is 0.231. The molecule has 0 radical (unpaired) electrons. The Bertz CT molecular complexity index is 1570. The van der Waals surface area contributed by atoms with E-state index in [2.05, 4.69) is 0 Å². The van der Waals surface area contributed by atoms with Gasteiger partial charge in [-0.3, -0.25) is 4.55 Å². The van der Waals surface area contributed by atoms with Gasteiger partial charge in [0.15, 0.2) is 0 Å². The van der Waals surface area contributed by atoms with Crippen molar-refractivity contribution in [2.45, 2.75) is 41.5 Å². The molecule has 0 aliphatic rings. The van der Waals surface area contributed by atoms with E-state index in [1.165, 1.54) is 18.2 Å². The first kappa shape index (κ1) is 29.5. The molecule has 39 heavy (non-hydrogen) atoms. The lowest BCUT2D eigenvalue weighted by atomic mass is 10.0. The van der Waals surface area contributed by atoms with Gasteiger partial charge in [-0.25, -0.2) is 14.4 Å². The molecule has 10 heteroatoms. The molecule has 0 amide bonds. The van der Waals surface area contributed by atoms with Gasteiger partial charge < -0.3 is 14.2 Å². The van der Waals surface area contributed by atoms with E-state index in [0.29, 0.717) is 11.1 Å². The van der Waals surface area contributed by atoms with Crippen LogP contribution >= 0.6 is 0 Å². The summed E-state index contributed by atoms with van der Waals surface area (Å²) in [5.41, 5.74) is 5.40. The van der Waals surface area contributed by atoms with Gasteiger partial charge in [0.2, 0.25) is 0 Å². The van der Waals surface area contributed by atoms with Crippen LogP contribution in [0.4, 0.5) is 0 Å². The van der Waals surface area contributed by atoms with Gasteiger partial charge >= 0.3 is 17.9 Å². The van der Waals surface area contributed by atoms with E-state index in [1.807, 2.05) is 39.8 Å². The van der Waals surface area contributed by atoms with Crippen LogP contribution in [-0.4, -0.2) is 43.2 Å². The first-order valence-corrected chi connectivity index (χ1v) is 13.6. The lowest BCUT2D eigenvalue weighted by Crippen LogP contribution is -2.18. The number of esters is 3. The van der Waals surface area contributed by atoms with Crippen molar-refractivity contribution < 1.29 is 41.6 Å². The lowest BCUT2D eigenvalue weighted by molar-refractivity contribution is 0.0522. The minimum Gasteiger partial charge on any atom is -0.461 e. The Morgan fingerprint density at radius 2 is 1.21 bits per heavy atom. The number of rotatable bonds is 8. The summed E-state index contributed by atoms with van der Waals surface area (Å²) in [5.74, 6) is -3.43. The zero-order chi connectivity index (χ0) is 29.1. The summed E-state index contributed by atoms with van der Waals surface area (Å²) in [5, 5.41) is 0. The summed E-state index contributed by atoms with van der Waals surface area (Å²) in [6, 6.07) is 11.0. The second kappa shape index (κ2) is 11.8. The molecule has 0 aliphatic carbocycles. The maximum absolute atomic E-state index is 13.1. The molecule has 0 aliphatic heterocycles. The van der Waals surface area contributed by atoms with Crippen LogP contribution < -0.4 is 9.47 Å². The van der Waals surface area contributed by atoms with E-state index in [-0.39, 0.29) is 22.6 Å². The molecule has 9 nitrogen and oxygen atoms in total. The normalized spacial score (nSPS) is 11.2. The van der Waals surface area contributed by atoms with Crippen molar-refractivity contribution in [3.05, 3.63) is 92.5 Å². The largest absolute Gasteiger partial charge is 0.461 e. The molecule has 1 N–H and O–H groups in total. The summed E-state index contributed by atoms with van der Waals surface area (Å²) >= 11 is 0. The third-order valence-electron chi connectivity index (χ3n) is 6.22. The molecule has 0 saturated heterocycles. The Morgan fingerprint density at radius 3 is 1.72 bits per heavy atom. The van der Waals surface area contributed by atoms with Crippen molar-refractivity contribution in [3.63, 3.8) is 0 Å². The molecule has 0 saturated carbocycles. The predicted octanol–water partition coefficient (Wildman–Crippen LogP) is 5.02. The highest BCUT2D eigenvalue weighted by Crippen LogP contribution is 2.29. The van der Waals surface area contributed by atoms with Crippen LogP contribution in [0.1, 0.15) is 64.5 Å². The second-order valence-electron chi connectivity index (χ2n) is 9.37. The highest BCUT2D eigenvalue weighted by atomic mass is 32.2. The standard InChI is InChI=1S/C29H30O9S/c1-16-11-18(3)20(5)24(13-16)28(31)37-22-7-8-23(27(30)36-9-10-39(33,34)35)26(15-22)38-29(32)25-14-17(2)12-19(4)21(25)6/h7-8,11-15H,9-10H2,1-6H3,(H,33,34,35). The summed E-state index contributed by atoms with van der Waals surface area (Å²) in [6.07, 6.45) is 0. The number of aryl methyl sites for hydroxylation is 4. The van der Waals surface area contributed by atoms with Gasteiger partial charge in [-0.1, -0.05) is 12.1 Å². The molecule has 0 spiro atoms. The molecule has 0 heterocycles.